The fourth-order valence-electron chi connectivity index (χ4n) is 5.27. The van der Waals surface area contributed by atoms with Crippen molar-refractivity contribution in [3.63, 3.8) is 0 Å². The quantitative estimate of drug-likeness (QED) is 0.376. The molecule has 0 bridgehead atoms. The third-order valence-corrected chi connectivity index (χ3v) is 7.09. The highest BCUT2D eigenvalue weighted by Gasteiger charge is 2.42. The average molecular weight is 444 g/mol. The molecule has 1 aromatic carbocycles. The highest BCUT2D eigenvalue weighted by atomic mass is 16.3. The zero-order valence-electron chi connectivity index (χ0n) is 17.8. The molecule has 5 N–H and O–H groups in total. The number of pyridine rings is 1. The number of nitrogen functional groups attached to an aromatic ring is 1. The molecule has 1 saturated carbocycles. The second-order valence-corrected chi connectivity index (χ2v) is 8.99. The number of aliphatic hydroxyl groups is 2. The van der Waals surface area contributed by atoms with Gasteiger partial charge in [0.05, 0.1) is 40.9 Å². The standard InChI is InChI=1S/C24H24N6O3/c25-22-15-5-6-30(23(15)28-11-27-22)19-9-14(20(31)21(19)32)4-2-12-1-3-13-8-16-18(10-26-24(16)33)29-17(13)7-12/h1,3,5-8,11,14,19-21,31-32H,2,4,9-10H2,(H,26,33)(H2,25,27,28)/t14-,19+,20+,21-/m0/s1. The second-order valence-electron chi connectivity index (χ2n) is 8.99. The van der Waals surface area contributed by atoms with Gasteiger partial charge in [-0.2, -0.15) is 0 Å². The van der Waals surface area contributed by atoms with Gasteiger partial charge in [-0.25, -0.2) is 9.97 Å². The molecule has 1 aliphatic heterocycles. The highest BCUT2D eigenvalue weighted by Crippen LogP contribution is 2.39. The molecule has 4 heterocycles. The molecule has 1 fully saturated rings. The first kappa shape index (κ1) is 20.1. The van der Waals surface area contributed by atoms with Crippen LogP contribution in [-0.2, 0) is 13.0 Å². The Morgan fingerprint density at radius 2 is 2.03 bits per heavy atom. The van der Waals surface area contributed by atoms with Gasteiger partial charge in [0.2, 0.25) is 0 Å². The molecule has 0 unspecified atom stereocenters. The van der Waals surface area contributed by atoms with Gasteiger partial charge in [-0.3, -0.25) is 9.78 Å². The van der Waals surface area contributed by atoms with Crippen molar-refractivity contribution in [2.75, 3.05) is 5.73 Å². The second kappa shape index (κ2) is 7.50. The number of carbonyl (C=O) groups excluding carboxylic acids is 1. The summed E-state index contributed by atoms with van der Waals surface area (Å²) in [6.07, 6.45) is 3.71. The van der Waals surface area contributed by atoms with E-state index in [4.69, 9.17) is 5.73 Å². The molecule has 2 aliphatic rings. The lowest BCUT2D eigenvalue weighted by atomic mass is 9.95. The summed E-state index contributed by atoms with van der Waals surface area (Å²) in [6.45, 7) is 0.465. The van der Waals surface area contributed by atoms with Crippen LogP contribution in [0.2, 0.25) is 0 Å². The summed E-state index contributed by atoms with van der Waals surface area (Å²) >= 11 is 0. The van der Waals surface area contributed by atoms with Crippen LogP contribution in [0, 0.1) is 5.92 Å². The first-order chi connectivity index (χ1) is 16.0. The normalized spacial score (nSPS) is 24.5. The van der Waals surface area contributed by atoms with Crippen LogP contribution >= 0.6 is 0 Å². The smallest absolute Gasteiger partial charge is 0.253 e. The Morgan fingerprint density at radius 3 is 2.91 bits per heavy atom. The maximum absolute atomic E-state index is 11.9. The molecule has 9 nitrogen and oxygen atoms in total. The van der Waals surface area contributed by atoms with E-state index in [-0.39, 0.29) is 17.9 Å². The first-order valence-electron chi connectivity index (χ1n) is 11.1. The molecule has 1 aliphatic carbocycles. The summed E-state index contributed by atoms with van der Waals surface area (Å²) in [5.74, 6) is 0.280. The monoisotopic (exact) mass is 444 g/mol. The summed E-state index contributed by atoms with van der Waals surface area (Å²) < 4.78 is 1.90. The maximum atomic E-state index is 11.9. The van der Waals surface area contributed by atoms with Gasteiger partial charge in [0.25, 0.3) is 5.91 Å². The van der Waals surface area contributed by atoms with Crippen LogP contribution < -0.4 is 11.1 Å². The average Bonchev–Trinajstić information content (AvgIpc) is 3.48. The molecule has 0 spiro atoms. The van der Waals surface area contributed by atoms with Crippen molar-refractivity contribution in [3.8, 4) is 0 Å². The van der Waals surface area contributed by atoms with Crippen molar-refractivity contribution in [2.45, 2.75) is 44.1 Å². The van der Waals surface area contributed by atoms with Crippen molar-refractivity contribution in [2.24, 2.45) is 5.92 Å². The summed E-state index contributed by atoms with van der Waals surface area (Å²) in [5.41, 5.74) is 10.0. The molecule has 6 rings (SSSR count). The van der Waals surface area contributed by atoms with Gasteiger partial charge in [-0.1, -0.05) is 12.1 Å². The molecule has 0 radical (unpaired) electrons. The molecule has 4 atom stereocenters. The van der Waals surface area contributed by atoms with Gasteiger partial charge >= 0.3 is 0 Å². The van der Waals surface area contributed by atoms with Crippen molar-refractivity contribution in [1.82, 2.24) is 24.8 Å². The minimum absolute atomic E-state index is 0.0490. The zero-order chi connectivity index (χ0) is 22.7. The molecule has 9 heteroatoms. The number of nitrogens with zero attached hydrogens (tertiary/aromatic N) is 4. The number of amides is 1. The van der Waals surface area contributed by atoms with Crippen molar-refractivity contribution >= 4 is 33.7 Å². The predicted octanol–water partition coefficient (Wildman–Crippen LogP) is 1.72. The zero-order valence-corrected chi connectivity index (χ0v) is 17.8. The van der Waals surface area contributed by atoms with Crippen molar-refractivity contribution < 1.29 is 15.0 Å². The number of anilines is 1. The molecular formula is C24H24N6O3. The maximum Gasteiger partial charge on any atom is 0.253 e. The number of rotatable bonds is 4. The molecular weight excluding hydrogens is 420 g/mol. The van der Waals surface area contributed by atoms with Crippen LogP contribution in [0.15, 0.2) is 42.9 Å². The Balaban J connectivity index is 1.20. The molecule has 4 aromatic rings. The number of hydrogen-bond acceptors (Lipinski definition) is 7. The van der Waals surface area contributed by atoms with Gasteiger partial charge < -0.3 is 25.8 Å². The van der Waals surface area contributed by atoms with E-state index in [0.29, 0.717) is 30.0 Å². The van der Waals surface area contributed by atoms with E-state index in [2.05, 4.69) is 20.3 Å². The van der Waals surface area contributed by atoms with E-state index >= 15 is 0 Å². The number of aromatic nitrogens is 4. The number of benzene rings is 1. The topological polar surface area (TPSA) is 139 Å². The van der Waals surface area contributed by atoms with Gasteiger partial charge in [-0.15, -0.1) is 0 Å². The van der Waals surface area contributed by atoms with Crippen LogP contribution in [0.5, 0.6) is 0 Å². The number of carbonyl (C=O) groups is 1. The Kier molecular flexibility index (Phi) is 4.56. The van der Waals surface area contributed by atoms with Crippen molar-refractivity contribution in [1.29, 1.82) is 0 Å². The lowest BCUT2D eigenvalue weighted by Gasteiger charge is -2.19. The third-order valence-electron chi connectivity index (χ3n) is 7.09. The first-order valence-corrected chi connectivity index (χ1v) is 11.1. The van der Waals surface area contributed by atoms with E-state index in [1.54, 1.807) is 0 Å². The molecule has 33 heavy (non-hydrogen) atoms. The van der Waals surface area contributed by atoms with E-state index in [9.17, 15) is 15.0 Å². The van der Waals surface area contributed by atoms with Crippen molar-refractivity contribution in [3.05, 3.63) is 59.7 Å². The lowest BCUT2D eigenvalue weighted by Crippen LogP contribution is -2.29. The SMILES string of the molecule is Nc1ncnc2c1ccn2[C@@H]1C[C@H](CCc2ccc3cc4c(nc3c2)CNC4=O)[C@@H](O)[C@H]1O. The highest BCUT2D eigenvalue weighted by molar-refractivity contribution is 6.01. The van der Waals surface area contributed by atoms with E-state index in [0.717, 1.165) is 40.4 Å². The number of aliphatic hydroxyl groups excluding tert-OH is 2. The Hall–Kier alpha value is -3.56. The lowest BCUT2D eigenvalue weighted by molar-refractivity contribution is 0.00545. The number of aryl methyl sites for hydroxylation is 1. The van der Waals surface area contributed by atoms with Crippen LogP contribution in [0.3, 0.4) is 0 Å². The molecule has 3 aromatic heterocycles. The Bertz CT molecular complexity index is 1400. The summed E-state index contributed by atoms with van der Waals surface area (Å²) in [4.78, 5) is 24.9. The summed E-state index contributed by atoms with van der Waals surface area (Å²) in [6, 6.07) is 9.54. The fourth-order valence-corrected chi connectivity index (χ4v) is 5.27. The van der Waals surface area contributed by atoms with Crippen LogP contribution in [0.1, 0.15) is 40.5 Å². The Morgan fingerprint density at radius 1 is 1.15 bits per heavy atom. The fraction of sp³-hybridized carbons (Fsp3) is 0.333. The van der Waals surface area contributed by atoms with Gasteiger partial charge in [-0.05, 0) is 48.9 Å². The van der Waals surface area contributed by atoms with E-state index in [1.807, 2.05) is 41.1 Å². The third kappa shape index (κ3) is 3.23. The minimum Gasteiger partial charge on any atom is -0.390 e. The van der Waals surface area contributed by atoms with E-state index in [1.165, 1.54) is 6.33 Å². The van der Waals surface area contributed by atoms with Crippen LogP contribution in [-0.4, -0.2) is 47.8 Å². The summed E-state index contributed by atoms with van der Waals surface area (Å²) in [7, 11) is 0. The van der Waals surface area contributed by atoms with E-state index < -0.39 is 12.2 Å². The van der Waals surface area contributed by atoms with Crippen LogP contribution in [0.4, 0.5) is 5.82 Å². The molecule has 1 amide bonds. The minimum atomic E-state index is -0.882. The summed E-state index contributed by atoms with van der Waals surface area (Å²) in [5, 5.41) is 26.0. The largest absolute Gasteiger partial charge is 0.390 e. The van der Waals surface area contributed by atoms with Gasteiger partial charge in [0, 0.05) is 11.6 Å². The van der Waals surface area contributed by atoms with Gasteiger partial charge in [0.1, 0.15) is 23.9 Å². The number of nitrogens with one attached hydrogen (secondary N) is 1. The van der Waals surface area contributed by atoms with Gasteiger partial charge in [0.15, 0.2) is 0 Å². The number of fused-ring (bicyclic) bond motifs is 3. The number of nitrogens with two attached hydrogens (primary N) is 1. The Labute approximate surface area is 189 Å². The number of hydrogen-bond donors (Lipinski definition) is 4. The van der Waals surface area contributed by atoms with Crippen LogP contribution in [0.25, 0.3) is 21.9 Å². The molecule has 168 valence electrons. The predicted molar refractivity (Wildman–Crippen MR) is 122 cm³/mol. The molecule has 0 saturated heterocycles.